The molecular weight excluding hydrogens is 215 g/mol. The molecule has 5 heteroatoms. The third-order valence-corrected chi connectivity index (χ3v) is 0.400. The van der Waals surface area contributed by atoms with Gasteiger partial charge in [0, 0.05) is 26.2 Å². The molecule has 0 aliphatic rings. The smallest absolute Gasteiger partial charge is 0.352 e. The van der Waals surface area contributed by atoms with Gasteiger partial charge in [0.15, 0.2) is 0 Å². The zero-order valence-electron chi connectivity index (χ0n) is 6.41. The summed E-state index contributed by atoms with van der Waals surface area (Å²) in [4.78, 5) is 0. The molecule has 4 N–H and O–H groups in total. The van der Waals surface area contributed by atoms with E-state index in [-0.39, 0.29) is 61.4 Å². The summed E-state index contributed by atoms with van der Waals surface area (Å²) < 4.78 is 6.78. The predicted molar refractivity (Wildman–Crippen MR) is 36.3 cm³/mol. The fourth-order valence-corrected chi connectivity index (χ4v) is 0.160. The van der Waals surface area contributed by atoms with Crippen LogP contribution < -0.4 is 0 Å². The molecule has 0 spiro atoms. The number of hydrogen-bond acceptors (Lipinski definition) is 2. The van der Waals surface area contributed by atoms with Crippen LogP contribution in [-0.4, -0.2) is 40.1 Å². The van der Waals surface area contributed by atoms with Gasteiger partial charge < -0.3 is 34.5 Å². The van der Waals surface area contributed by atoms with Gasteiger partial charge in [-0.25, -0.2) is 0 Å². The van der Waals surface area contributed by atoms with Crippen molar-refractivity contribution >= 4 is 0 Å². The fourth-order valence-electron chi connectivity index (χ4n) is 0.160. The van der Waals surface area contributed by atoms with Gasteiger partial charge in [-0.15, -0.1) is 0 Å². The van der Waals surface area contributed by atoms with E-state index in [0.29, 0.717) is 0 Å². The molecule has 0 heterocycles. The minimum absolute atomic E-state index is 0. The van der Waals surface area contributed by atoms with Gasteiger partial charge in [-0.3, -0.25) is 0 Å². The maximum absolute atomic E-state index is 7.98. The van der Waals surface area contributed by atoms with Crippen molar-refractivity contribution in [3.05, 3.63) is 14.9 Å². The molecule has 0 saturated carbocycles. The van der Waals surface area contributed by atoms with Crippen LogP contribution in [0.1, 0.15) is 0 Å². The quantitative estimate of drug-likeness (QED) is 0.276. The van der Waals surface area contributed by atoms with Crippen LogP contribution in [0.3, 0.4) is 0 Å². The Morgan fingerprint density at radius 3 is 1.40 bits per heavy atom. The Bertz CT molecular complexity index is 32.8. The second-order valence-corrected chi connectivity index (χ2v) is 0.871. The molecular formula is C5H16O4Zr. The largest absolute Gasteiger partial charge is 0.358 e. The summed E-state index contributed by atoms with van der Waals surface area (Å²) in [5, 5.41) is 16.0. The molecule has 0 radical (unpaired) electrons. The molecule has 10 heavy (non-hydrogen) atoms. The van der Waals surface area contributed by atoms with Crippen LogP contribution in [0.2, 0.25) is 0 Å². The first-order valence-corrected chi connectivity index (χ1v) is 1.90. The van der Waals surface area contributed by atoms with Crippen molar-refractivity contribution in [2.75, 3.05) is 20.4 Å². The third kappa shape index (κ3) is 23.3. The minimum Gasteiger partial charge on any atom is -0.358 e. The molecule has 0 atom stereocenters. The van der Waals surface area contributed by atoms with E-state index in [4.69, 9.17) is 10.2 Å². The van der Waals surface area contributed by atoms with Crippen molar-refractivity contribution in [2.45, 2.75) is 0 Å². The minimum atomic E-state index is -0.219. The summed E-state index contributed by atoms with van der Waals surface area (Å²) in [5.41, 5.74) is 0. The fraction of sp³-hybridized carbons (Fsp3) is 0.600. The molecule has 0 unspecified atom stereocenters. The molecule has 0 aliphatic carbocycles. The van der Waals surface area contributed by atoms with Gasteiger partial charge in [0.1, 0.15) is 0 Å². The molecule has 0 fully saturated rings. The average Bonchev–Trinajstić information content (AvgIpc) is 1.69. The first-order valence-electron chi connectivity index (χ1n) is 1.90. The summed E-state index contributed by atoms with van der Waals surface area (Å²) >= 11 is 0. The van der Waals surface area contributed by atoms with E-state index in [2.05, 4.69) is 9.47 Å². The van der Waals surface area contributed by atoms with Crippen molar-refractivity contribution in [3.8, 4) is 0 Å². The van der Waals surface area contributed by atoms with Crippen LogP contribution >= 0.6 is 0 Å². The molecule has 0 aliphatic heterocycles. The third-order valence-electron chi connectivity index (χ3n) is 0.400. The predicted octanol–water partition coefficient (Wildman–Crippen LogP) is -1.20. The number of aliphatic hydroxyl groups excluding tert-OH is 2. The van der Waals surface area contributed by atoms with E-state index in [0.717, 1.165) is 0 Å². The molecule has 0 aromatic carbocycles. The van der Waals surface area contributed by atoms with Crippen LogP contribution in [0.25, 0.3) is 0 Å². The number of hydrogen-bond donors (Lipinski definition) is 2. The Morgan fingerprint density at radius 1 is 0.900 bits per heavy atom. The van der Waals surface area contributed by atoms with E-state index in [1.54, 1.807) is 0 Å². The van der Waals surface area contributed by atoms with E-state index in [1.165, 1.54) is 0 Å². The van der Waals surface area contributed by atoms with Gasteiger partial charge in [0.25, 0.3) is 13.6 Å². The number of aliphatic hydroxyl groups is 6. The Morgan fingerprint density at radius 2 is 1.20 bits per heavy atom. The first-order chi connectivity index (χ1) is 3.41. The summed E-state index contributed by atoms with van der Waals surface area (Å²) in [6, 6.07) is 0. The SMILES string of the molecule is OC[OH+]C[OH+]CO.[CH3-].[CH3-].[Zr]. The van der Waals surface area contributed by atoms with Crippen molar-refractivity contribution < 1.29 is 45.9 Å². The molecule has 0 bridgehead atoms. The molecule has 0 aromatic rings. The standard InChI is InChI=1S/C3H8O4.2CH3.Zr/c4-1-6-3-7-2-5;;;/h4-5H,1-3H2;2*1H3;/q;2*-1;/p+2. The van der Waals surface area contributed by atoms with Gasteiger partial charge in [-0.1, -0.05) is 0 Å². The first kappa shape index (κ1) is 22.4. The van der Waals surface area contributed by atoms with Crippen molar-refractivity contribution in [2.24, 2.45) is 0 Å². The van der Waals surface area contributed by atoms with E-state index in [9.17, 15) is 0 Å². The molecule has 64 valence electrons. The second kappa shape index (κ2) is 22.6. The Balaban J connectivity index is -0.0000000600. The van der Waals surface area contributed by atoms with Crippen LogP contribution in [0.4, 0.5) is 0 Å². The summed E-state index contributed by atoms with van der Waals surface area (Å²) in [6.07, 6.45) is 0. The monoisotopic (exact) mass is 230 g/mol. The molecule has 0 aromatic heterocycles. The van der Waals surface area contributed by atoms with Crippen molar-refractivity contribution in [3.63, 3.8) is 0 Å². The Labute approximate surface area is 81.3 Å². The van der Waals surface area contributed by atoms with E-state index in [1.807, 2.05) is 0 Å². The normalized spacial score (nSPS) is 6.60. The van der Waals surface area contributed by atoms with E-state index < -0.39 is 0 Å². The zero-order chi connectivity index (χ0) is 5.54. The topological polar surface area (TPSA) is 66.1 Å². The maximum atomic E-state index is 7.98. The van der Waals surface area contributed by atoms with Gasteiger partial charge in [-0.2, -0.15) is 0 Å². The maximum Gasteiger partial charge on any atom is 0.352 e. The Kier molecular flexibility index (Phi) is 50.7. The van der Waals surface area contributed by atoms with Crippen LogP contribution in [0, 0.1) is 14.9 Å². The zero-order valence-corrected chi connectivity index (χ0v) is 8.87. The number of ether oxygens (including phenoxy) is 2. The molecule has 0 saturated heterocycles. The van der Waals surface area contributed by atoms with Crippen molar-refractivity contribution in [1.29, 1.82) is 0 Å². The average molecular weight is 231 g/mol. The molecule has 0 amide bonds. The van der Waals surface area contributed by atoms with Gasteiger partial charge >= 0.3 is 6.79 Å². The van der Waals surface area contributed by atoms with Gasteiger partial charge in [0.2, 0.25) is 0 Å². The Hall–Kier alpha value is 0.723. The van der Waals surface area contributed by atoms with Crippen LogP contribution in [0.5, 0.6) is 0 Å². The van der Waals surface area contributed by atoms with Crippen molar-refractivity contribution in [1.82, 2.24) is 0 Å². The molecule has 0 rings (SSSR count). The second-order valence-electron chi connectivity index (χ2n) is 0.871. The van der Waals surface area contributed by atoms with Crippen LogP contribution in [0.15, 0.2) is 0 Å². The van der Waals surface area contributed by atoms with E-state index >= 15 is 0 Å². The summed E-state index contributed by atoms with van der Waals surface area (Å²) in [7, 11) is 0. The van der Waals surface area contributed by atoms with Gasteiger partial charge in [0.05, 0.1) is 0 Å². The summed E-state index contributed by atoms with van der Waals surface area (Å²) in [5.74, 6) is 0. The summed E-state index contributed by atoms with van der Waals surface area (Å²) in [6.45, 7) is -0.250. The van der Waals surface area contributed by atoms with Crippen LogP contribution in [-0.2, 0) is 26.2 Å². The molecule has 4 nitrogen and oxygen atoms in total. The number of rotatable bonds is 4. The van der Waals surface area contributed by atoms with Gasteiger partial charge in [-0.05, 0) is 0 Å².